The number of amides is 1. The molecule has 0 fully saturated rings. The van der Waals surface area contributed by atoms with E-state index in [0.717, 1.165) is 11.6 Å². The average molecular weight is 366 g/mol. The lowest BCUT2D eigenvalue weighted by molar-refractivity contribution is -0.117. The van der Waals surface area contributed by atoms with Crippen LogP contribution in [0.4, 0.5) is 10.1 Å². The lowest BCUT2D eigenvalue weighted by Gasteiger charge is -2.16. The van der Waals surface area contributed by atoms with Crippen LogP contribution < -0.4 is 14.8 Å². The molecule has 1 amide bonds. The molecule has 0 radical (unpaired) electrons. The van der Waals surface area contributed by atoms with Crippen LogP contribution in [0.25, 0.3) is 0 Å². The Labute approximate surface area is 146 Å². The summed E-state index contributed by atoms with van der Waals surface area (Å²) in [5, 5.41) is 2.46. The maximum absolute atomic E-state index is 13.2. The van der Waals surface area contributed by atoms with Gasteiger partial charge in [0.25, 0.3) is 0 Å². The van der Waals surface area contributed by atoms with Crippen molar-refractivity contribution in [1.82, 2.24) is 4.72 Å². The van der Waals surface area contributed by atoms with Crippen molar-refractivity contribution >= 4 is 21.6 Å². The van der Waals surface area contributed by atoms with Crippen molar-refractivity contribution in [2.45, 2.75) is 24.8 Å². The maximum atomic E-state index is 13.2. The van der Waals surface area contributed by atoms with Crippen LogP contribution in [-0.2, 0) is 14.8 Å². The highest BCUT2D eigenvalue weighted by Gasteiger charge is 2.25. The van der Waals surface area contributed by atoms with Crippen molar-refractivity contribution in [3.63, 3.8) is 0 Å². The van der Waals surface area contributed by atoms with Crippen LogP contribution in [-0.4, -0.2) is 27.5 Å². The zero-order valence-corrected chi connectivity index (χ0v) is 14.9. The summed E-state index contributed by atoms with van der Waals surface area (Å²) >= 11 is 0. The Morgan fingerprint density at radius 3 is 2.56 bits per heavy atom. The van der Waals surface area contributed by atoms with E-state index in [1.165, 1.54) is 38.3 Å². The molecule has 0 aliphatic carbocycles. The number of methoxy groups -OCH3 is 1. The molecule has 1 atom stereocenters. The molecule has 8 heteroatoms. The lowest BCUT2D eigenvalue weighted by Crippen LogP contribution is -2.41. The third kappa shape index (κ3) is 4.77. The van der Waals surface area contributed by atoms with Crippen LogP contribution in [0, 0.1) is 12.7 Å². The van der Waals surface area contributed by atoms with Crippen LogP contribution in [0.15, 0.2) is 47.4 Å². The number of hydrogen-bond acceptors (Lipinski definition) is 4. The van der Waals surface area contributed by atoms with E-state index in [0.29, 0.717) is 0 Å². The fourth-order valence-corrected chi connectivity index (χ4v) is 3.62. The van der Waals surface area contributed by atoms with Gasteiger partial charge in [-0.2, -0.15) is 4.72 Å². The van der Waals surface area contributed by atoms with Gasteiger partial charge in [-0.15, -0.1) is 0 Å². The van der Waals surface area contributed by atoms with E-state index in [2.05, 4.69) is 10.0 Å². The molecule has 0 aliphatic rings. The summed E-state index contributed by atoms with van der Waals surface area (Å²) in [4.78, 5) is 12.1. The van der Waals surface area contributed by atoms with Crippen LogP contribution in [0.5, 0.6) is 5.75 Å². The number of carbonyl (C=O) groups is 1. The second kappa shape index (κ2) is 7.62. The van der Waals surface area contributed by atoms with E-state index in [-0.39, 0.29) is 16.3 Å². The molecule has 0 heterocycles. The number of carbonyl (C=O) groups excluding carboxylic acids is 1. The second-order valence-electron chi connectivity index (χ2n) is 5.50. The number of hydrogen-bond donors (Lipinski definition) is 2. The summed E-state index contributed by atoms with van der Waals surface area (Å²) in [5.74, 6) is -0.938. The number of halogens is 1. The third-order valence-electron chi connectivity index (χ3n) is 3.43. The first-order chi connectivity index (χ1) is 11.7. The molecule has 2 N–H and O–H groups in total. The van der Waals surface area contributed by atoms with Gasteiger partial charge in [0.2, 0.25) is 15.9 Å². The molecule has 0 saturated carbocycles. The molecule has 2 aromatic rings. The quantitative estimate of drug-likeness (QED) is 0.822. The van der Waals surface area contributed by atoms with Gasteiger partial charge in [0.05, 0.1) is 13.2 Å². The summed E-state index contributed by atoms with van der Waals surface area (Å²) in [5.41, 5.74) is 0.974. The smallest absolute Gasteiger partial charge is 0.244 e. The molecule has 0 aromatic heterocycles. The Balaban J connectivity index is 2.17. The highest BCUT2D eigenvalue weighted by atomic mass is 32.2. The van der Waals surface area contributed by atoms with Gasteiger partial charge in [-0.05, 0) is 49.7 Å². The number of aryl methyl sites for hydroxylation is 1. The maximum Gasteiger partial charge on any atom is 0.244 e. The Kier molecular flexibility index (Phi) is 5.76. The molecule has 0 bridgehead atoms. The standard InChI is InChI=1S/C17H19FN2O4S/c1-11-7-8-15(24-3)16(9-11)25(22,23)20-12(2)17(21)19-14-6-4-5-13(18)10-14/h4-10,12,20H,1-3H3,(H,19,21)/t12-/m1/s1. The summed E-state index contributed by atoms with van der Waals surface area (Å²) in [6.07, 6.45) is 0. The van der Waals surface area contributed by atoms with Gasteiger partial charge < -0.3 is 10.1 Å². The van der Waals surface area contributed by atoms with Crippen molar-refractivity contribution in [2.75, 3.05) is 12.4 Å². The molecule has 2 rings (SSSR count). The average Bonchev–Trinajstić information content (AvgIpc) is 2.54. The first-order valence-electron chi connectivity index (χ1n) is 7.46. The molecule has 2 aromatic carbocycles. The fraction of sp³-hybridized carbons (Fsp3) is 0.235. The van der Waals surface area contributed by atoms with Gasteiger partial charge in [-0.25, -0.2) is 12.8 Å². The van der Waals surface area contributed by atoms with Crippen molar-refractivity contribution < 1.29 is 22.3 Å². The van der Waals surface area contributed by atoms with Gasteiger partial charge in [-0.3, -0.25) is 4.79 Å². The van der Waals surface area contributed by atoms with Crippen LogP contribution in [0.3, 0.4) is 0 Å². The molecule has 25 heavy (non-hydrogen) atoms. The Hall–Kier alpha value is -2.45. The summed E-state index contributed by atoms with van der Waals surface area (Å²) in [7, 11) is -2.62. The predicted molar refractivity (Wildman–Crippen MR) is 92.5 cm³/mol. The van der Waals surface area contributed by atoms with Gasteiger partial charge >= 0.3 is 0 Å². The minimum absolute atomic E-state index is 0.0552. The van der Waals surface area contributed by atoms with E-state index in [1.807, 2.05) is 0 Å². The molecule has 134 valence electrons. The number of nitrogens with one attached hydrogen (secondary N) is 2. The van der Waals surface area contributed by atoms with Gasteiger partial charge in [0.1, 0.15) is 16.5 Å². The van der Waals surface area contributed by atoms with E-state index < -0.39 is 27.8 Å². The zero-order chi connectivity index (χ0) is 18.6. The minimum atomic E-state index is -3.98. The third-order valence-corrected chi connectivity index (χ3v) is 4.99. The first kappa shape index (κ1) is 18.9. The van der Waals surface area contributed by atoms with Crippen molar-refractivity contribution in [3.05, 3.63) is 53.8 Å². The molecule has 0 saturated heterocycles. The topological polar surface area (TPSA) is 84.5 Å². The normalized spacial score (nSPS) is 12.5. The van der Waals surface area contributed by atoms with Crippen molar-refractivity contribution in [1.29, 1.82) is 0 Å². The van der Waals surface area contributed by atoms with Crippen LogP contribution in [0.1, 0.15) is 12.5 Å². The SMILES string of the molecule is COc1ccc(C)cc1S(=O)(=O)N[C@H](C)C(=O)Nc1cccc(F)c1. The molecule has 6 nitrogen and oxygen atoms in total. The summed E-state index contributed by atoms with van der Waals surface area (Å²) < 4.78 is 45.6. The van der Waals surface area contributed by atoms with Gasteiger partial charge in [0, 0.05) is 5.69 Å². The van der Waals surface area contributed by atoms with E-state index in [4.69, 9.17) is 4.74 Å². The number of anilines is 1. The van der Waals surface area contributed by atoms with Gasteiger partial charge in [-0.1, -0.05) is 12.1 Å². The number of sulfonamides is 1. The van der Waals surface area contributed by atoms with E-state index >= 15 is 0 Å². The van der Waals surface area contributed by atoms with Crippen molar-refractivity contribution in [3.8, 4) is 5.75 Å². The summed E-state index contributed by atoms with van der Waals surface area (Å²) in [6, 6.07) is 8.98. The number of ether oxygens (including phenoxy) is 1. The van der Waals surface area contributed by atoms with Gasteiger partial charge in [0.15, 0.2) is 0 Å². The predicted octanol–water partition coefficient (Wildman–Crippen LogP) is 2.45. The Morgan fingerprint density at radius 2 is 1.92 bits per heavy atom. The summed E-state index contributed by atoms with van der Waals surface area (Å²) in [6.45, 7) is 3.15. The monoisotopic (exact) mass is 366 g/mol. The highest BCUT2D eigenvalue weighted by molar-refractivity contribution is 7.89. The zero-order valence-electron chi connectivity index (χ0n) is 14.0. The van der Waals surface area contributed by atoms with E-state index in [9.17, 15) is 17.6 Å². The largest absolute Gasteiger partial charge is 0.495 e. The fourth-order valence-electron chi connectivity index (χ4n) is 2.16. The first-order valence-corrected chi connectivity index (χ1v) is 8.94. The second-order valence-corrected chi connectivity index (χ2v) is 7.18. The van der Waals surface area contributed by atoms with E-state index in [1.54, 1.807) is 19.1 Å². The molecule has 0 aliphatic heterocycles. The van der Waals surface area contributed by atoms with Crippen molar-refractivity contribution in [2.24, 2.45) is 0 Å². The Bertz CT molecular complexity index is 884. The van der Waals surface area contributed by atoms with Crippen LogP contribution in [0.2, 0.25) is 0 Å². The Morgan fingerprint density at radius 1 is 1.20 bits per heavy atom. The minimum Gasteiger partial charge on any atom is -0.495 e. The number of rotatable bonds is 6. The molecular weight excluding hydrogens is 347 g/mol. The van der Waals surface area contributed by atoms with Crippen LogP contribution >= 0.6 is 0 Å². The molecule has 0 spiro atoms. The lowest BCUT2D eigenvalue weighted by atomic mass is 10.2. The highest BCUT2D eigenvalue weighted by Crippen LogP contribution is 2.24. The molecule has 0 unspecified atom stereocenters. The number of benzene rings is 2. The molecular formula is C17H19FN2O4S.